The number of aliphatic hydroxyl groups is 1. The van der Waals surface area contributed by atoms with Crippen LogP contribution in [-0.4, -0.2) is 33.7 Å². The average Bonchev–Trinajstić information content (AvgIpc) is 2.88. The number of nitrogens with zero attached hydrogens (tertiary/aromatic N) is 4. The van der Waals surface area contributed by atoms with E-state index in [9.17, 15) is 22.3 Å². The van der Waals surface area contributed by atoms with Crippen LogP contribution in [0.1, 0.15) is 5.69 Å². The van der Waals surface area contributed by atoms with E-state index in [0.29, 0.717) is 22.7 Å². The van der Waals surface area contributed by atoms with E-state index in [1.54, 1.807) is 18.6 Å². The predicted octanol–water partition coefficient (Wildman–Crippen LogP) is 4.33. The van der Waals surface area contributed by atoms with Gasteiger partial charge in [0.05, 0.1) is 35.9 Å². The zero-order valence-electron chi connectivity index (χ0n) is 18.4. The van der Waals surface area contributed by atoms with Gasteiger partial charge in [-0.05, 0) is 47.5 Å². The molecule has 3 aromatic heterocycles. The van der Waals surface area contributed by atoms with Crippen molar-refractivity contribution in [2.45, 2.75) is 11.5 Å². The zero-order valence-corrected chi connectivity index (χ0v) is 19.2. The lowest BCUT2D eigenvalue weighted by molar-refractivity contribution is 0.277. The second kappa shape index (κ2) is 9.36. The van der Waals surface area contributed by atoms with E-state index in [-0.39, 0.29) is 11.4 Å². The number of pyridine rings is 2. The van der Waals surface area contributed by atoms with E-state index in [2.05, 4.69) is 24.9 Å². The van der Waals surface area contributed by atoms with Gasteiger partial charge in [0.25, 0.3) is 10.0 Å². The molecule has 0 aliphatic heterocycles. The van der Waals surface area contributed by atoms with Crippen LogP contribution in [0.4, 0.5) is 14.5 Å². The van der Waals surface area contributed by atoms with Gasteiger partial charge in [-0.25, -0.2) is 17.2 Å². The number of aliphatic hydroxyl groups excluding tert-OH is 1. The third kappa shape index (κ3) is 4.49. The monoisotopic (exact) mass is 505 g/mol. The fourth-order valence-electron chi connectivity index (χ4n) is 3.79. The van der Waals surface area contributed by atoms with Crippen molar-refractivity contribution in [2.75, 3.05) is 4.72 Å². The predicted molar refractivity (Wildman–Crippen MR) is 129 cm³/mol. The zero-order chi connectivity index (χ0) is 25.3. The fourth-order valence-corrected chi connectivity index (χ4v) is 4.93. The molecule has 0 spiro atoms. The van der Waals surface area contributed by atoms with Gasteiger partial charge in [-0.1, -0.05) is 12.1 Å². The van der Waals surface area contributed by atoms with Crippen LogP contribution >= 0.6 is 0 Å². The average molecular weight is 506 g/mol. The van der Waals surface area contributed by atoms with Crippen LogP contribution in [0.5, 0.6) is 0 Å². The summed E-state index contributed by atoms with van der Waals surface area (Å²) < 4.78 is 55.2. The molecular weight excluding hydrogens is 488 g/mol. The molecule has 0 saturated carbocycles. The minimum atomic E-state index is -4.43. The summed E-state index contributed by atoms with van der Waals surface area (Å²) in [6.45, 7) is -0.563. The van der Waals surface area contributed by atoms with Crippen molar-refractivity contribution in [3.8, 4) is 22.3 Å². The number of aromatic nitrogens is 4. The Morgan fingerprint density at radius 1 is 0.833 bits per heavy atom. The van der Waals surface area contributed by atoms with Crippen molar-refractivity contribution in [3.05, 3.63) is 96.7 Å². The Balaban J connectivity index is 1.54. The normalized spacial score (nSPS) is 11.5. The fraction of sp³-hybridized carbons (Fsp3) is 0.0400. The van der Waals surface area contributed by atoms with Crippen molar-refractivity contribution in [3.63, 3.8) is 0 Å². The minimum Gasteiger partial charge on any atom is -0.390 e. The molecule has 5 rings (SSSR count). The Bertz CT molecular complexity index is 1700. The van der Waals surface area contributed by atoms with Gasteiger partial charge in [0.1, 0.15) is 16.5 Å². The van der Waals surface area contributed by atoms with Crippen molar-refractivity contribution in [1.82, 2.24) is 20.2 Å². The maximum Gasteiger partial charge on any atom is 0.264 e. The van der Waals surface area contributed by atoms with E-state index < -0.39 is 33.2 Å². The summed E-state index contributed by atoms with van der Waals surface area (Å²) in [5.41, 5.74) is 3.70. The summed E-state index contributed by atoms with van der Waals surface area (Å²) in [5.74, 6) is -2.14. The highest BCUT2D eigenvalue weighted by Crippen LogP contribution is 2.32. The molecule has 8 nitrogen and oxygen atoms in total. The molecule has 0 aliphatic carbocycles. The van der Waals surface area contributed by atoms with Gasteiger partial charge in [-0.15, -0.1) is 0 Å². The highest BCUT2D eigenvalue weighted by molar-refractivity contribution is 7.92. The van der Waals surface area contributed by atoms with Crippen LogP contribution < -0.4 is 4.72 Å². The van der Waals surface area contributed by atoms with Gasteiger partial charge in [0.2, 0.25) is 0 Å². The van der Waals surface area contributed by atoms with Crippen LogP contribution in [-0.2, 0) is 16.6 Å². The van der Waals surface area contributed by atoms with Crippen LogP contribution in [0.3, 0.4) is 0 Å². The first-order valence-corrected chi connectivity index (χ1v) is 12.1. The second-order valence-electron chi connectivity index (χ2n) is 7.78. The maximum atomic E-state index is 14.1. The summed E-state index contributed by atoms with van der Waals surface area (Å²) in [6.07, 6.45) is 6.42. The maximum absolute atomic E-state index is 14.1. The molecule has 0 saturated heterocycles. The first-order valence-electron chi connectivity index (χ1n) is 10.6. The molecule has 180 valence electrons. The lowest BCUT2D eigenvalue weighted by atomic mass is 9.99. The van der Waals surface area contributed by atoms with Gasteiger partial charge in [0.15, 0.2) is 0 Å². The van der Waals surface area contributed by atoms with Crippen molar-refractivity contribution in [1.29, 1.82) is 0 Å². The Morgan fingerprint density at radius 3 is 2.44 bits per heavy atom. The standard InChI is InChI=1S/C25H17F2N5O3S/c26-18-2-4-25(21(27)11-18)36(34,35)32-23-10-17(12-29-24(23)14-33)15-1-3-20-19(6-7-28-22(20)9-15)16-5-8-30-31-13-16/h1-13,32-33H,14H2. The smallest absolute Gasteiger partial charge is 0.264 e. The molecule has 0 radical (unpaired) electrons. The van der Waals surface area contributed by atoms with Crippen molar-refractivity contribution < 1.29 is 22.3 Å². The number of nitrogens with one attached hydrogen (secondary N) is 1. The summed E-state index contributed by atoms with van der Waals surface area (Å²) in [4.78, 5) is 7.88. The first-order chi connectivity index (χ1) is 17.4. The SMILES string of the molecule is O=S(=O)(Nc1cc(-c2ccc3c(-c4ccnnc4)ccnc3c2)cnc1CO)c1ccc(F)cc1F. The van der Waals surface area contributed by atoms with Crippen LogP contribution in [0.25, 0.3) is 33.2 Å². The summed E-state index contributed by atoms with van der Waals surface area (Å²) >= 11 is 0. The Labute approximate surface area is 204 Å². The molecule has 0 bridgehead atoms. The van der Waals surface area contributed by atoms with E-state index in [1.807, 2.05) is 30.3 Å². The first kappa shape index (κ1) is 23.4. The molecule has 0 unspecified atom stereocenters. The molecule has 2 N–H and O–H groups in total. The number of hydrogen-bond acceptors (Lipinski definition) is 7. The Hall–Kier alpha value is -4.35. The molecule has 36 heavy (non-hydrogen) atoms. The van der Waals surface area contributed by atoms with Gasteiger partial charge in [0, 0.05) is 35.0 Å². The van der Waals surface area contributed by atoms with Crippen LogP contribution in [0, 0.1) is 11.6 Å². The van der Waals surface area contributed by atoms with Gasteiger partial charge < -0.3 is 5.11 Å². The third-order valence-corrected chi connectivity index (χ3v) is 6.92. The lowest BCUT2D eigenvalue weighted by Crippen LogP contribution is -2.16. The van der Waals surface area contributed by atoms with E-state index >= 15 is 0 Å². The number of anilines is 1. The van der Waals surface area contributed by atoms with E-state index in [1.165, 1.54) is 12.3 Å². The van der Waals surface area contributed by atoms with Crippen LogP contribution in [0.2, 0.25) is 0 Å². The number of fused-ring (bicyclic) bond motifs is 1. The molecule has 0 amide bonds. The Kier molecular flexibility index (Phi) is 6.08. The van der Waals surface area contributed by atoms with Gasteiger partial charge in [-0.2, -0.15) is 10.2 Å². The number of rotatable bonds is 6. The number of hydrogen-bond donors (Lipinski definition) is 2. The molecule has 5 aromatic rings. The minimum absolute atomic E-state index is 0.0382. The molecular formula is C25H17F2N5O3S. The van der Waals surface area contributed by atoms with E-state index in [4.69, 9.17) is 0 Å². The van der Waals surface area contributed by atoms with Gasteiger partial charge in [-0.3, -0.25) is 14.7 Å². The van der Waals surface area contributed by atoms with Crippen molar-refractivity contribution in [2.24, 2.45) is 0 Å². The molecule has 11 heteroatoms. The summed E-state index contributed by atoms with van der Waals surface area (Å²) in [7, 11) is -4.43. The largest absolute Gasteiger partial charge is 0.390 e. The quantitative estimate of drug-likeness (QED) is 0.353. The second-order valence-corrected chi connectivity index (χ2v) is 9.43. The molecule has 0 aliphatic rings. The molecule has 0 atom stereocenters. The molecule has 2 aromatic carbocycles. The number of halogens is 2. The summed E-state index contributed by atoms with van der Waals surface area (Å²) in [5, 5.41) is 18.3. The third-order valence-electron chi connectivity index (χ3n) is 5.52. The number of sulfonamides is 1. The topological polar surface area (TPSA) is 118 Å². The van der Waals surface area contributed by atoms with Gasteiger partial charge >= 0.3 is 0 Å². The molecule has 3 heterocycles. The Morgan fingerprint density at radius 2 is 1.69 bits per heavy atom. The molecule has 0 fully saturated rings. The highest BCUT2D eigenvalue weighted by atomic mass is 32.2. The highest BCUT2D eigenvalue weighted by Gasteiger charge is 2.22. The lowest BCUT2D eigenvalue weighted by Gasteiger charge is -2.14. The van der Waals surface area contributed by atoms with Crippen molar-refractivity contribution >= 4 is 26.6 Å². The summed E-state index contributed by atoms with van der Waals surface area (Å²) in [6, 6.07) is 12.9. The van der Waals surface area contributed by atoms with E-state index in [0.717, 1.165) is 28.6 Å². The number of benzene rings is 2. The van der Waals surface area contributed by atoms with Crippen LogP contribution in [0.15, 0.2) is 84.3 Å².